The van der Waals surface area contributed by atoms with Crippen LogP contribution >= 0.6 is 0 Å². The van der Waals surface area contributed by atoms with Gasteiger partial charge in [0, 0.05) is 39.9 Å². The Morgan fingerprint density at radius 1 is 1.08 bits per heavy atom. The Morgan fingerprint density at radius 2 is 1.81 bits per heavy atom. The van der Waals surface area contributed by atoms with Gasteiger partial charge in [0.05, 0.1) is 7.11 Å². The number of ether oxygens (including phenoxy) is 1. The van der Waals surface area contributed by atoms with Crippen molar-refractivity contribution in [1.29, 1.82) is 0 Å². The number of guanidine groups is 1. The van der Waals surface area contributed by atoms with Crippen molar-refractivity contribution in [3.05, 3.63) is 59.2 Å². The minimum absolute atomic E-state index is 0.737. The Morgan fingerprint density at radius 3 is 2.42 bits per heavy atom. The second-order valence-electron chi connectivity index (χ2n) is 6.48. The lowest BCUT2D eigenvalue weighted by molar-refractivity contribution is 0.409. The zero-order valence-electron chi connectivity index (χ0n) is 16.5. The molecule has 0 unspecified atom stereocenters. The van der Waals surface area contributed by atoms with Gasteiger partial charge in [-0.3, -0.25) is 4.99 Å². The first-order valence-electron chi connectivity index (χ1n) is 8.87. The minimum Gasteiger partial charge on any atom is -0.496 e. The van der Waals surface area contributed by atoms with Crippen LogP contribution in [-0.2, 0) is 13.0 Å². The summed E-state index contributed by atoms with van der Waals surface area (Å²) >= 11 is 0. The molecule has 5 nitrogen and oxygen atoms in total. The van der Waals surface area contributed by atoms with E-state index in [9.17, 15) is 0 Å². The van der Waals surface area contributed by atoms with Crippen LogP contribution in [0, 0.1) is 6.92 Å². The molecule has 0 saturated carbocycles. The molecular weight excluding hydrogens is 324 g/mol. The second-order valence-corrected chi connectivity index (χ2v) is 6.48. The summed E-state index contributed by atoms with van der Waals surface area (Å²) in [5, 5.41) is 6.72. The van der Waals surface area contributed by atoms with Gasteiger partial charge in [-0.2, -0.15) is 0 Å². The molecule has 5 heteroatoms. The molecule has 0 aliphatic rings. The van der Waals surface area contributed by atoms with E-state index in [0.29, 0.717) is 0 Å². The molecule has 0 spiro atoms. The maximum atomic E-state index is 5.44. The van der Waals surface area contributed by atoms with Gasteiger partial charge in [0.1, 0.15) is 5.75 Å². The molecule has 0 atom stereocenters. The number of aliphatic imine (C=N–C) groups is 1. The first kappa shape index (κ1) is 19.6. The highest BCUT2D eigenvalue weighted by Crippen LogP contribution is 2.19. The van der Waals surface area contributed by atoms with E-state index in [1.54, 1.807) is 14.2 Å². The van der Waals surface area contributed by atoms with Gasteiger partial charge < -0.3 is 20.3 Å². The second kappa shape index (κ2) is 9.70. The summed E-state index contributed by atoms with van der Waals surface area (Å²) in [5.41, 5.74) is 4.86. The molecule has 0 radical (unpaired) electrons. The summed E-state index contributed by atoms with van der Waals surface area (Å²) in [4.78, 5) is 6.39. The van der Waals surface area contributed by atoms with Gasteiger partial charge in [0.25, 0.3) is 0 Å². The van der Waals surface area contributed by atoms with Crippen LogP contribution in [0.4, 0.5) is 5.69 Å². The molecular formula is C21H30N4O. The summed E-state index contributed by atoms with van der Waals surface area (Å²) in [5.74, 6) is 1.73. The van der Waals surface area contributed by atoms with E-state index >= 15 is 0 Å². The quantitative estimate of drug-likeness (QED) is 0.593. The molecule has 2 rings (SSSR count). The Bertz CT molecular complexity index is 723. The third-order valence-electron chi connectivity index (χ3n) is 4.26. The molecule has 0 saturated heterocycles. The van der Waals surface area contributed by atoms with Crippen molar-refractivity contribution < 1.29 is 4.74 Å². The highest BCUT2D eigenvalue weighted by Gasteiger charge is 2.04. The van der Waals surface area contributed by atoms with Gasteiger partial charge in [-0.15, -0.1) is 0 Å². The zero-order chi connectivity index (χ0) is 18.9. The number of nitrogens with one attached hydrogen (secondary N) is 2. The molecule has 2 N–H and O–H groups in total. The first-order chi connectivity index (χ1) is 12.5. The summed E-state index contributed by atoms with van der Waals surface area (Å²) < 4.78 is 5.44. The largest absolute Gasteiger partial charge is 0.496 e. The molecule has 2 aromatic rings. The minimum atomic E-state index is 0.737. The predicted molar refractivity (Wildman–Crippen MR) is 110 cm³/mol. The Balaban J connectivity index is 1.83. The number of aryl methyl sites for hydroxylation is 1. The van der Waals surface area contributed by atoms with E-state index in [-0.39, 0.29) is 0 Å². The van der Waals surface area contributed by atoms with Crippen molar-refractivity contribution in [2.24, 2.45) is 4.99 Å². The predicted octanol–water partition coefficient (Wildman–Crippen LogP) is 2.98. The number of benzene rings is 2. The summed E-state index contributed by atoms with van der Waals surface area (Å²) in [6.45, 7) is 3.62. The third-order valence-corrected chi connectivity index (χ3v) is 4.26. The van der Waals surface area contributed by atoms with Crippen molar-refractivity contribution in [2.45, 2.75) is 19.9 Å². The molecule has 140 valence electrons. The van der Waals surface area contributed by atoms with E-state index in [4.69, 9.17) is 4.74 Å². The van der Waals surface area contributed by atoms with E-state index in [1.165, 1.54) is 22.4 Å². The van der Waals surface area contributed by atoms with Crippen molar-refractivity contribution in [3.8, 4) is 5.75 Å². The van der Waals surface area contributed by atoms with Gasteiger partial charge in [-0.25, -0.2) is 0 Å². The number of anilines is 1. The van der Waals surface area contributed by atoms with Crippen molar-refractivity contribution in [1.82, 2.24) is 10.6 Å². The number of hydrogen-bond acceptors (Lipinski definition) is 3. The first-order valence-corrected chi connectivity index (χ1v) is 8.87. The fourth-order valence-electron chi connectivity index (χ4n) is 2.74. The van der Waals surface area contributed by atoms with Crippen LogP contribution in [0.1, 0.15) is 16.7 Å². The van der Waals surface area contributed by atoms with E-state index in [0.717, 1.165) is 31.2 Å². The summed E-state index contributed by atoms with van der Waals surface area (Å²) in [7, 11) is 7.59. The monoisotopic (exact) mass is 354 g/mol. The Labute approximate surface area is 157 Å². The lowest BCUT2D eigenvalue weighted by Gasteiger charge is -2.15. The van der Waals surface area contributed by atoms with Gasteiger partial charge in [-0.1, -0.05) is 29.8 Å². The Kier molecular flexibility index (Phi) is 7.33. The highest BCUT2D eigenvalue weighted by molar-refractivity contribution is 5.79. The number of rotatable bonds is 7. The van der Waals surface area contributed by atoms with Crippen LogP contribution in [0.2, 0.25) is 0 Å². The number of methoxy groups -OCH3 is 1. The van der Waals surface area contributed by atoms with Gasteiger partial charge in [-0.05, 0) is 42.7 Å². The molecule has 0 bridgehead atoms. The molecule has 0 fully saturated rings. The third kappa shape index (κ3) is 5.69. The average Bonchev–Trinajstić information content (AvgIpc) is 2.65. The number of hydrogen-bond donors (Lipinski definition) is 2. The van der Waals surface area contributed by atoms with Crippen LogP contribution < -0.4 is 20.3 Å². The molecule has 0 amide bonds. The average molecular weight is 354 g/mol. The topological polar surface area (TPSA) is 48.9 Å². The molecule has 0 heterocycles. The number of nitrogens with zero attached hydrogens (tertiary/aromatic N) is 2. The van der Waals surface area contributed by atoms with Crippen LogP contribution in [-0.4, -0.2) is 40.8 Å². The summed E-state index contributed by atoms with van der Waals surface area (Å²) in [6.07, 6.45) is 0.878. The highest BCUT2D eigenvalue weighted by atomic mass is 16.5. The lowest BCUT2D eigenvalue weighted by Crippen LogP contribution is -2.37. The van der Waals surface area contributed by atoms with E-state index in [1.807, 2.05) is 20.2 Å². The normalized spacial score (nSPS) is 11.2. The van der Waals surface area contributed by atoms with Crippen LogP contribution in [0.15, 0.2) is 47.5 Å². The standard InChI is InChI=1S/C21H30N4O/c1-16-6-11-20(26-5)18(14-16)12-13-23-21(22-2)24-15-17-7-9-19(10-8-17)25(3)4/h6-11,14H,12-13,15H2,1-5H3,(H2,22,23,24). The smallest absolute Gasteiger partial charge is 0.191 e. The zero-order valence-corrected chi connectivity index (χ0v) is 16.5. The maximum absolute atomic E-state index is 5.44. The Hall–Kier alpha value is -2.69. The van der Waals surface area contributed by atoms with Crippen molar-refractivity contribution in [3.63, 3.8) is 0 Å². The van der Waals surface area contributed by atoms with E-state index in [2.05, 4.69) is 63.8 Å². The molecule has 2 aromatic carbocycles. The molecule has 0 aliphatic heterocycles. The fraction of sp³-hybridized carbons (Fsp3) is 0.381. The van der Waals surface area contributed by atoms with Gasteiger partial charge >= 0.3 is 0 Å². The molecule has 0 aromatic heterocycles. The van der Waals surface area contributed by atoms with Gasteiger partial charge in [0.15, 0.2) is 5.96 Å². The van der Waals surface area contributed by atoms with Crippen molar-refractivity contribution in [2.75, 3.05) is 39.7 Å². The molecule has 0 aliphatic carbocycles. The molecule has 26 heavy (non-hydrogen) atoms. The fourth-order valence-corrected chi connectivity index (χ4v) is 2.74. The maximum Gasteiger partial charge on any atom is 0.191 e. The van der Waals surface area contributed by atoms with Crippen LogP contribution in [0.25, 0.3) is 0 Å². The van der Waals surface area contributed by atoms with E-state index < -0.39 is 0 Å². The lowest BCUT2D eigenvalue weighted by atomic mass is 10.1. The SMILES string of the molecule is CN=C(NCCc1cc(C)ccc1OC)NCc1ccc(N(C)C)cc1. The van der Waals surface area contributed by atoms with Crippen LogP contribution in [0.5, 0.6) is 5.75 Å². The van der Waals surface area contributed by atoms with Crippen LogP contribution in [0.3, 0.4) is 0 Å². The van der Waals surface area contributed by atoms with Gasteiger partial charge in [0.2, 0.25) is 0 Å². The summed E-state index contributed by atoms with van der Waals surface area (Å²) in [6, 6.07) is 14.8. The van der Waals surface area contributed by atoms with Crippen molar-refractivity contribution >= 4 is 11.6 Å².